The topological polar surface area (TPSA) is 40.6 Å². The lowest BCUT2D eigenvalue weighted by Gasteiger charge is -2.36. The van der Waals surface area contributed by atoms with Crippen LogP contribution in [0.4, 0.5) is 4.39 Å². The van der Waals surface area contributed by atoms with Crippen molar-refractivity contribution in [3.8, 4) is 0 Å². The molecule has 2 aliphatic heterocycles. The van der Waals surface area contributed by atoms with Gasteiger partial charge in [-0.1, -0.05) is 0 Å². The van der Waals surface area contributed by atoms with E-state index >= 15 is 0 Å². The number of likely N-dealkylation sites (tertiary alicyclic amines) is 2. The molecule has 2 fully saturated rings. The fourth-order valence-electron chi connectivity index (χ4n) is 3.78. The molecule has 3 rings (SSSR count). The molecule has 2 saturated heterocycles. The van der Waals surface area contributed by atoms with Gasteiger partial charge in [0.05, 0.1) is 6.04 Å². The number of nitrogens with zero attached hydrogens (tertiary/aromatic N) is 2. The van der Waals surface area contributed by atoms with Crippen LogP contribution in [-0.2, 0) is 4.79 Å². The summed E-state index contributed by atoms with van der Waals surface area (Å²) in [6.07, 6.45) is 3.92. The molecule has 2 heterocycles. The number of hydrogen-bond acceptors (Lipinski definition) is 3. The molecular weight excluding hydrogens is 307 g/mol. The van der Waals surface area contributed by atoms with Crippen LogP contribution in [0.15, 0.2) is 24.3 Å². The van der Waals surface area contributed by atoms with Crippen molar-refractivity contribution in [3.63, 3.8) is 0 Å². The molecule has 2 aliphatic rings. The standard InChI is InChI=1S/C19H25FN2O2/c1-14(19(24)21-10-2-3-11-21)22-12-4-5-16(13-22)18(23)15-6-8-17(20)9-7-15/h6-9,14,16H,2-5,10-13H2,1H3. The van der Waals surface area contributed by atoms with Gasteiger partial charge in [0, 0.05) is 31.1 Å². The number of amides is 1. The minimum Gasteiger partial charge on any atom is -0.341 e. The first kappa shape index (κ1) is 17.1. The first-order valence-electron chi connectivity index (χ1n) is 8.89. The Bertz CT molecular complexity index is 596. The van der Waals surface area contributed by atoms with Crippen LogP contribution < -0.4 is 0 Å². The first-order chi connectivity index (χ1) is 11.6. The van der Waals surface area contributed by atoms with E-state index in [-0.39, 0.29) is 29.5 Å². The average Bonchev–Trinajstić information content (AvgIpc) is 3.15. The van der Waals surface area contributed by atoms with E-state index in [2.05, 4.69) is 4.90 Å². The third-order valence-electron chi connectivity index (χ3n) is 5.28. The highest BCUT2D eigenvalue weighted by molar-refractivity contribution is 5.98. The minimum atomic E-state index is -0.332. The van der Waals surface area contributed by atoms with E-state index in [4.69, 9.17) is 0 Å². The summed E-state index contributed by atoms with van der Waals surface area (Å²) in [4.78, 5) is 29.3. The summed E-state index contributed by atoms with van der Waals surface area (Å²) in [5.41, 5.74) is 0.557. The van der Waals surface area contributed by atoms with Gasteiger partial charge in [-0.15, -0.1) is 0 Å². The molecule has 2 atom stereocenters. The van der Waals surface area contributed by atoms with E-state index in [0.29, 0.717) is 12.1 Å². The van der Waals surface area contributed by atoms with Crippen LogP contribution in [0.5, 0.6) is 0 Å². The Morgan fingerprint density at radius 1 is 1.08 bits per heavy atom. The van der Waals surface area contributed by atoms with Gasteiger partial charge in [-0.05, 0) is 63.4 Å². The maximum absolute atomic E-state index is 13.0. The van der Waals surface area contributed by atoms with Gasteiger partial charge in [-0.25, -0.2) is 4.39 Å². The molecule has 1 amide bonds. The normalized spacial score (nSPS) is 23.2. The number of ketones is 1. The molecule has 0 radical (unpaired) electrons. The summed E-state index contributed by atoms with van der Waals surface area (Å²) in [7, 11) is 0. The predicted molar refractivity (Wildman–Crippen MR) is 90.3 cm³/mol. The summed E-state index contributed by atoms with van der Waals surface area (Å²) >= 11 is 0. The van der Waals surface area contributed by atoms with Crippen molar-refractivity contribution in [1.29, 1.82) is 0 Å². The van der Waals surface area contributed by atoms with Crippen molar-refractivity contribution in [1.82, 2.24) is 9.80 Å². The Morgan fingerprint density at radius 3 is 2.42 bits per heavy atom. The fraction of sp³-hybridized carbons (Fsp3) is 0.579. The first-order valence-corrected chi connectivity index (χ1v) is 8.89. The highest BCUT2D eigenvalue weighted by atomic mass is 19.1. The van der Waals surface area contributed by atoms with Crippen molar-refractivity contribution in [2.24, 2.45) is 5.92 Å². The van der Waals surface area contributed by atoms with E-state index in [0.717, 1.165) is 45.3 Å². The zero-order valence-corrected chi connectivity index (χ0v) is 14.2. The number of hydrogen-bond donors (Lipinski definition) is 0. The van der Waals surface area contributed by atoms with Gasteiger partial charge >= 0.3 is 0 Å². The molecule has 0 N–H and O–H groups in total. The van der Waals surface area contributed by atoms with Gasteiger partial charge in [0.15, 0.2) is 5.78 Å². The Balaban J connectivity index is 1.64. The van der Waals surface area contributed by atoms with E-state index in [1.165, 1.54) is 12.1 Å². The smallest absolute Gasteiger partial charge is 0.239 e. The van der Waals surface area contributed by atoms with E-state index in [1.807, 2.05) is 11.8 Å². The van der Waals surface area contributed by atoms with Crippen molar-refractivity contribution in [2.45, 2.75) is 38.6 Å². The van der Waals surface area contributed by atoms with Crippen LogP contribution in [0.3, 0.4) is 0 Å². The summed E-state index contributed by atoms with van der Waals surface area (Å²) in [6.45, 7) is 5.13. The van der Waals surface area contributed by atoms with Gasteiger partial charge < -0.3 is 4.90 Å². The van der Waals surface area contributed by atoms with Crippen LogP contribution in [0.1, 0.15) is 43.0 Å². The van der Waals surface area contributed by atoms with Crippen molar-refractivity contribution in [2.75, 3.05) is 26.2 Å². The highest BCUT2D eigenvalue weighted by Gasteiger charge is 2.33. The molecule has 2 unspecified atom stereocenters. The second-order valence-electron chi connectivity index (χ2n) is 6.91. The second-order valence-corrected chi connectivity index (χ2v) is 6.91. The lowest BCUT2D eigenvalue weighted by molar-refractivity contribution is -0.135. The summed E-state index contributed by atoms with van der Waals surface area (Å²) < 4.78 is 13.0. The monoisotopic (exact) mass is 332 g/mol. The predicted octanol–water partition coefficient (Wildman–Crippen LogP) is 2.73. The zero-order valence-electron chi connectivity index (χ0n) is 14.2. The van der Waals surface area contributed by atoms with E-state index in [1.54, 1.807) is 12.1 Å². The molecule has 0 aliphatic carbocycles. The Kier molecular flexibility index (Phi) is 5.29. The number of piperidine rings is 1. The number of benzene rings is 1. The molecule has 130 valence electrons. The molecular formula is C19H25FN2O2. The third kappa shape index (κ3) is 3.66. The van der Waals surface area contributed by atoms with Crippen molar-refractivity contribution in [3.05, 3.63) is 35.6 Å². The summed E-state index contributed by atoms with van der Waals surface area (Å²) in [6, 6.07) is 5.58. The van der Waals surface area contributed by atoms with Crippen molar-refractivity contribution >= 4 is 11.7 Å². The van der Waals surface area contributed by atoms with E-state index in [9.17, 15) is 14.0 Å². The molecule has 1 aromatic carbocycles. The largest absolute Gasteiger partial charge is 0.341 e. The maximum Gasteiger partial charge on any atom is 0.239 e. The van der Waals surface area contributed by atoms with Crippen LogP contribution in [0, 0.1) is 11.7 Å². The highest BCUT2D eigenvalue weighted by Crippen LogP contribution is 2.24. The SMILES string of the molecule is CC(C(=O)N1CCCC1)N1CCCC(C(=O)c2ccc(F)cc2)C1. The number of rotatable bonds is 4. The van der Waals surface area contributed by atoms with Gasteiger partial charge in [-0.3, -0.25) is 14.5 Å². The quantitative estimate of drug-likeness (QED) is 0.796. The molecule has 1 aromatic rings. The molecule has 0 bridgehead atoms. The number of carbonyl (C=O) groups is 2. The molecule has 5 heteroatoms. The second kappa shape index (κ2) is 7.43. The number of halogens is 1. The average molecular weight is 332 g/mol. The Hall–Kier alpha value is -1.75. The molecule has 0 saturated carbocycles. The fourth-order valence-corrected chi connectivity index (χ4v) is 3.78. The molecule has 4 nitrogen and oxygen atoms in total. The van der Waals surface area contributed by atoms with Crippen LogP contribution >= 0.6 is 0 Å². The van der Waals surface area contributed by atoms with E-state index < -0.39 is 0 Å². The molecule has 24 heavy (non-hydrogen) atoms. The molecule has 0 spiro atoms. The maximum atomic E-state index is 13.0. The zero-order chi connectivity index (χ0) is 17.1. The Morgan fingerprint density at radius 2 is 1.75 bits per heavy atom. The lowest BCUT2D eigenvalue weighted by atomic mass is 9.89. The van der Waals surface area contributed by atoms with Gasteiger partial charge in [0.25, 0.3) is 0 Å². The van der Waals surface area contributed by atoms with Crippen LogP contribution in [-0.4, -0.2) is 53.7 Å². The third-order valence-corrected chi connectivity index (χ3v) is 5.28. The summed E-state index contributed by atoms with van der Waals surface area (Å²) in [5.74, 6) is -0.206. The Labute approximate surface area is 142 Å². The number of Topliss-reactive ketones (excluding diaryl/α,β-unsaturated/α-hetero) is 1. The van der Waals surface area contributed by atoms with Crippen molar-refractivity contribution < 1.29 is 14.0 Å². The number of carbonyl (C=O) groups excluding carboxylic acids is 2. The van der Waals surface area contributed by atoms with Gasteiger partial charge in [0.1, 0.15) is 5.82 Å². The molecule has 0 aromatic heterocycles. The van der Waals surface area contributed by atoms with Gasteiger partial charge in [-0.2, -0.15) is 0 Å². The summed E-state index contributed by atoms with van der Waals surface area (Å²) in [5, 5.41) is 0. The minimum absolute atomic E-state index is 0.0560. The van der Waals surface area contributed by atoms with Crippen LogP contribution in [0.25, 0.3) is 0 Å². The van der Waals surface area contributed by atoms with Gasteiger partial charge in [0.2, 0.25) is 5.91 Å². The lowest BCUT2D eigenvalue weighted by Crippen LogP contribution is -2.50. The van der Waals surface area contributed by atoms with Crippen LogP contribution in [0.2, 0.25) is 0 Å².